The van der Waals surface area contributed by atoms with E-state index in [1.165, 1.54) is 5.56 Å². The summed E-state index contributed by atoms with van der Waals surface area (Å²) < 4.78 is 0. The molecule has 5 nitrogen and oxygen atoms in total. The van der Waals surface area contributed by atoms with E-state index in [2.05, 4.69) is 38.1 Å². The summed E-state index contributed by atoms with van der Waals surface area (Å²) in [7, 11) is 1.91. The monoisotopic (exact) mass is 203 g/mol. The quantitative estimate of drug-likeness (QED) is 0.761. The zero-order valence-electron chi connectivity index (χ0n) is 8.51. The molecule has 5 heteroatoms. The molecule has 0 bridgehead atoms. The standard InChI is InChI=1S/C10H13N5/c1-11-7-9(10-12-14-15-13-10)8-5-3-2-4-6-8/h2-6,9,11H,7H2,1H3,(H,12,13,14,15). The van der Waals surface area contributed by atoms with Gasteiger partial charge >= 0.3 is 0 Å². The van der Waals surface area contributed by atoms with Crippen molar-refractivity contribution in [2.24, 2.45) is 0 Å². The maximum Gasteiger partial charge on any atom is 0.183 e. The maximum atomic E-state index is 4.02. The number of H-pyrrole nitrogens is 1. The summed E-state index contributed by atoms with van der Waals surface area (Å²) in [6.07, 6.45) is 0. The van der Waals surface area contributed by atoms with Crippen LogP contribution in [-0.4, -0.2) is 34.2 Å². The van der Waals surface area contributed by atoms with Gasteiger partial charge in [0.25, 0.3) is 0 Å². The molecule has 78 valence electrons. The Morgan fingerprint density at radius 2 is 2.13 bits per heavy atom. The molecular formula is C10H13N5. The summed E-state index contributed by atoms with van der Waals surface area (Å²) in [6, 6.07) is 10.2. The number of nitrogens with zero attached hydrogens (tertiary/aromatic N) is 3. The second kappa shape index (κ2) is 4.65. The summed E-state index contributed by atoms with van der Waals surface area (Å²) >= 11 is 0. The van der Waals surface area contributed by atoms with Gasteiger partial charge in [-0.2, -0.15) is 5.21 Å². The molecule has 0 aliphatic heterocycles. The second-order valence-corrected chi connectivity index (χ2v) is 3.29. The van der Waals surface area contributed by atoms with Gasteiger partial charge in [-0.3, -0.25) is 0 Å². The van der Waals surface area contributed by atoms with E-state index >= 15 is 0 Å². The number of hydrogen-bond acceptors (Lipinski definition) is 4. The van der Waals surface area contributed by atoms with E-state index in [4.69, 9.17) is 0 Å². The summed E-state index contributed by atoms with van der Waals surface area (Å²) in [4.78, 5) is 0. The highest BCUT2D eigenvalue weighted by atomic mass is 15.5. The molecule has 0 amide bonds. The normalized spacial score (nSPS) is 12.6. The first kappa shape index (κ1) is 9.79. The molecule has 1 unspecified atom stereocenters. The molecule has 1 atom stereocenters. The van der Waals surface area contributed by atoms with E-state index in [1.807, 2.05) is 25.2 Å². The molecule has 15 heavy (non-hydrogen) atoms. The number of rotatable bonds is 4. The average Bonchev–Trinajstić information content (AvgIpc) is 2.80. The lowest BCUT2D eigenvalue weighted by Crippen LogP contribution is -2.19. The molecule has 1 aromatic heterocycles. The second-order valence-electron chi connectivity index (χ2n) is 3.29. The number of benzene rings is 1. The molecule has 0 saturated carbocycles. The highest BCUT2D eigenvalue weighted by Crippen LogP contribution is 2.19. The zero-order valence-corrected chi connectivity index (χ0v) is 8.51. The summed E-state index contributed by atoms with van der Waals surface area (Å²) in [6.45, 7) is 0.795. The fourth-order valence-corrected chi connectivity index (χ4v) is 1.56. The zero-order chi connectivity index (χ0) is 10.5. The van der Waals surface area contributed by atoms with Crippen molar-refractivity contribution < 1.29 is 0 Å². The first-order valence-corrected chi connectivity index (χ1v) is 4.84. The number of aromatic amines is 1. The van der Waals surface area contributed by atoms with Crippen LogP contribution >= 0.6 is 0 Å². The molecule has 1 aromatic carbocycles. The summed E-state index contributed by atoms with van der Waals surface area (Å²) in [5.74, 6) is 0.866. The van der Waals surface area contributed by atoms with Crippen LogP contribution in [-0.2, 0) is 0 Å². The van der Waals surface area contributed by atoms with E-state index < -0.39 is 0 Å². The van der Waals surface area contributed by atoms with Crippen LogP contribution in [0.3, 0.4) is 0 Å². The van der Waals surface area contributed by atoms with Crippen LogP contribution in [0.1, 0.15) is 17.3 Å². The molecule has 0 radical (unpaired) electrons. The van der Waals surface area contributed by atoms with Crippen molar-refractivity contribution in [3.8, 4) is 0 Å². The van der Waals surface area contributed by atoms with Crippen LogP contribution in [0.2, 0.25) is 0 Å². The van der Waals surface area contributed by atoms with Gasteiger partial charge in [0.2, 0.25) is 0 Å². The first-order valence-electron chi connectivity index (χ1n) is 4.84. The minimum atomic E-state index is 0.148. The van der Waals surface area contributed by atoms with E-state index in [9.17, 15) is 0 Å². The number of likely N-dealkylation sites (N-methyl/N-ethyl adjacent to an activating group) is 1. The van der Waals surface area contributed by atoms with Crippen molar-refractivity contribution in [1.29, 1.82) is 0 Å². The van der Waals surface area contributed by atoms with Crippen LogP contribution in [0, 0.1) is 0 Å². The Morgan fingerprint density at radius 3 is 2.73 bits per heavy atom. The largest absolute Gasteiger partial charge is 0.319 e. The van der Waals surface area contributed by atoms with E-state index in [-0.39, 0.29) is 5.92 Å². The van der Waals surface area contributed by atoms with Gasteiger partial charge in [-0.1, -0.05) is 35.5 Å². The Morgan fingerprint density at radius 1 is 1.33 bits per heavy atom. The van der Waals surface area contributed by atoms with Gasteiger partial charge in [0, 0.05) is 6.54 Å². The number of nitrogens with one attached hydrogen (secondary N) is 2. The van der Waals surface area contributed by atoms with Crippen molar-refractivity contribution in [2.45, 2.75) is 5.92 Å². The first-order chi connectivity index (χ1) is 7.42. The topological polar surface area (TPSA) is 66.5 Å². The minimum Gasteiger partial charge on any atom is -0.319 e. The van der Waals surface area contributed by atoms with E-state index in [1.54, 1.807) is 0 Å². The SMILES string of the molecule is CNCC(c1ccccc1)c1nn[nH]n1. The van der Waals surface area contributed by atoms with Crippen molar-refractivity contribution >= 4 is 0 Å². The molecule has 0 spiro atoms. The average molecular weight is 203 g/mol. The van der Waals surface area contributed by atoms with Gasteiger partial charge in [0.1, 0.15) is 0 Å². The molecule has 2 aromatic rings. The number of tetrazole rings is 1. The third kappa shape index (κ3) is 2.19. The predicted molar refractivity (Wildman–Crippen MR) is 56.4 cm³/mol. The molecule has 0 aliphatic carbocycles. The predicted octanol–water partition coefficient (Wildman–Crippen LogP) is 0.551. The lowest BCUT2D eigenvalue weighted by Gasteiger charge is -2.12. The fraction of sp³-hybridized carbons (Fsp3) is 0.300. The van der Waals surface area contributed by atoms with Gasteiger partial charge in [-0.05, 0) is 12.6 Å². The molecule has 1 heterocycles. The molecular weight excluding hydrogens is 190 g/mol. The highest BCUT2D eigenvalue weighted by molar-refractivity contribution is 5.25. The summed E-state index contributed by atoms with van der Waals surface area (Å²) in [5, 5.41) is 17.2. The van der Waals surface area contributed by atoms with Gasteiger partial charge < -0.3 is 5.32 Å². The van der Waals surface area contributed by atoms with Crippen LogP contribution < -0.4 is 5.32 Å². The molecule has 0 aliphatic rings. The van der Waals surface area contributed by atoms with Crippen LogP contribution in [0.4, 0.5) is 0 Å². The Bertz CT molecular complexity index is 383. The maximum absolute atomic E-state index is 4.02. The van der Waals surface area contributed by atoms with Crippen molar-refractivity contribution in [2.75, 3.05) is 13.6 Å². The van der Waals surface area contributed by atoms with Crippen molar-refractivity contribution in [3.05, 3.63) is 41.7 Å². The Labute approximate surface area is 87.9 Å². The summed E-state index contributed by atoms with van der Waals surface area (Å²) in [5.41, 5.74) is 1.19. The highest BCUT2D eigenvalue weighted by Gasteiger charge is 2.16. The van der Waals surface area contributed by atoms with Gasteiger partial charge in [0.15, 0.2) is 5.82 Å². The molecule has 0 fully saturated rings. The minimum absolute atomic E-state index is 0.148. The van der Waals surface area contributed by atoms with Gasteiger partial charge in [-0.15, -0.1) is 10.2 Å². The molecule has 2 N–H and O–H groups in total. The van der Waals surface area contributed by atoms with Crippen LogP contribution in [0.5, 0.6) is 0 Å². The number of hydrogen-bond donors (Lipinski definition) is 2. The smallest absolute Gasteiger partial charge is 0.183 e. The Kier molecular flexibility index (Phi) is 3.04. The molecule has 0 saturated heterocycles. The third-order valence-corrected chi connectivity index (χ3v) is 2.28. The number of aromatic nitrogens is 4. The lowest BCUT2D eigenvalue weighted by atomic mass is 9.98. The van der Waals surface area contributed by atoms with E-state index in [0.29, 0.717) is 0 Å². The van der Waals surface area contributed by atoms with E-state index in [0.717, 1.165) is 12.4 Å². The fourth-order valence-electron chi connectivity index (χ4n) is 1.56. The Hall–Kier alpha value is -1.75. The van der Waals surface area contributed by atoms with Crippen LogP contribution in [0.25, 0.3) is 0 Å². The van der Waals surface area contributed by atoms with Crippen molar-refractivity contribution in [3.63, 3.8) is 0 Å². The third-order valence-electron chi connectivity index (χ3n) is 2.28. The van der Waals surface area contributed by atoms with Gasteiger partial charge in [-0.25, -0.2) is 0 Å². The lowest BCUT2D eigenvalue weighted by molar-refractivity contribution is 0.672. The Balaban J connectivity index is 2.28. The van der Waals surface area contributed by atoms with Gasteiger partial charge in [0.05, 0.1) is 5.92 Å². The molecule has 2 rings (SSSR count). The van der Waals surface area contributed by atoms with Crippen molar-refractivity contribution in [1.82, 2.24) is 25.9 Å². The van der Waals surface area contributed by atoms with Crippen LogP contribution in [0.15, 0.2) is 30.3 Å².